The van der Waals surface area contributed by atoms with Crippen molar-refractivity contribution in [3.05, 3.63) is 63.9 Å². The van der Waals surface area contributed by atoms with Crippen molar-refractivity contribution in [3.63, 3.8) is 0 Å². The van der Waals surface area contributed by atoms with E-state index in [9.17, 15) is 15.3 Å². The number of nitrogens with zero attached hydrogens (tertiary/aromatic N) is 4. The Kier molecular flexibility index (Phi) is 122. The molecule has 0 radical (unpaired) electrons. The van der Waals surface area contributed by atoms with Crippen molar-refractivity contribution in [2.24, 2.45) is 74.7 Å². The van der Waals surface area contributed by atoms with Crippen LogP contribution in [0.15, 0.2) is 63.9 Å². The smallest absolute Gasteiger partial charge is 0.0894 e. The molecule has 2 aliphatic heterocycles. The maximum atomic E-state index is 9.59. The number of rotatable bonds is 59. The number of hydrogen-bond acceptors (Lipinski definition) is 28. The Morgan fingerprint density at radius 2 is 0.771 bits per heavy atom. The van der Waals surface area contributed by atoms with Gasteiger partial charge in [-0.05, 0) is 258 Å². The number of aliphatic hydroxyl groups excluding tert-OH is 4. The van der Waals surface area contributed by atoms with Gasteiger partial charge in [0, 0.05) is 91.1 Å². The fourth-order valence-electron chi connectivity index (χ4n) is 9.54. The van der Waals surface area contributed by atoms with Crippen LogP contribution in [0.1, 0.15) is 188 Å². The Balaban J connectivity index is -0.000000168. The third kappa shape index (κ3) is 112. The molecule has 636 valence electrons. The number of unbranched alkanes of at least 4 members (excludes halogenated alkanes) is 11. The second kappa shape index (κ2) is 109. The largest absolute Gasteiger partial charge is 0.391 e. The van der Waals surface area contributed by atoms with Gasteiger partial charge >= 0.3 is 0 Å². The summed E-state index contributed by atoms with van der Waals surface area (Å²) >= 11 is 0. The van der Waals surface area contributed by atoms with Crippen molar-refractivity contribution in [2.75, 3.05) is 210 Å². The topological polar surface area (TPSA) is 502 Å². The highest BCUT2D eigenvalue weighted by atomic mass is 16.3. The molecule has 0 aromatic heterocycles. The second-order valence-electron chi connectivity index (χ2n) is 26.0. The normalized spacial score (nSPS) is 13.3. The summed E-state index contributed by atoms with van der Waals surface area (Å²) in [6, 6.07) is 0.670. The van der Waals surface area contributed by atoms with Gasteiger partial charge < -0.3 is 146 Å². The average molecular weight is 1510 g/mol. The zero-order chi connectivity index (χ0) is 80.6. The molecule has 2 heterocycles. The Morgan fingerprint density at radius 3 is 1.10 bits per heavy atom. The summed E-state index contributed by atoms with van der Waals surface area (Å²) in [5.41, 5.74) is 64.0. The van der Waals surface area contributed by atoms with Crippen molar-refractivity contribution in [1.29, 1.82) is 0 Å². The molecule has 0 spiro atoms. The van der Waals surface area contributed by atoms with Gasteiger partial charge in [0.15, 0.2) is 0 Å². The highest BCUT2D eigenvalue weighted by Gasteiger charge is 2.13. The lowest BCUT2D eigenvalue weighted by atomic mass is 9.95. The van der Waals surface area contributed by atoms with Crippen LogP contribution in [-0.4, -0.2) is 281 Å². The number of piperidine rings is 2. The molecule has 4 atom stereocenters. The van der Waals surface area contributed by atoms with Crippen molar-refractivity contribution in [1.82, 2.24) is 62.1 Å². The van der Waals surface area contributed by atoms with E-state index >= 15 is 0 Å². The number of nitrogens with two attached hydrogens (primary N) is 12. The molecule has 2 rings (SSSR count). The monoisotopic (exact) mass is 1510 g/mol. The van der Waals surface area contributed by atoms with Gasteiger partial charge in [-0.25, -0.2) is 0 Å². The van der Waals surface area contributed by atoms with E-state index in [-0.39, 0.29) is 18.3 Å². The molecule has 28 nitrogen and oxygen atoms in total. The van der Waals surface area contributed by atoms with Crippen molar-refractivity contribution in [2.45, 2.75) is 219 Å². The predicted molar refractivity (Wildman–Crippen MR) is 460 cm³/mol. The van der Waals surface area contributed by atoms with E-state index in [0.717, 1.165) is 182 Å². The predicted octanol–water partition coefficient (Wildman–Crippen LogP) is 1.84. The SMILES string of the molecule is C=CN(CC(O)CC)CN(C=C)CC(O)CC.C=CN(CNC)CC(O)CC.C=CNC1CCNCC1.C=CNCC(O)CN.CCCCCN.NCCC1CCNCC1.NCCCCCCCCNCCCN.NCCCCCNCCCN.NCCCCCNCCN.NCCN(CCN)CCN. The fourth-order valence-corrected chi connectivity index (χ4v) is 9.54. The molecule has 0 bridgehead atoms. The molecule has 2 fully saturated rings. The summed E-state index contributed by atoms with van der Waals surface area (Å²) in [6.45, 7) is 52.3. The maximum absolute atomic E-state index is 9.59. The lowest BCUT2D eigenvalue weighted by Gasteiger charge is -2.30. The molecule has 0 saturated carbocycles. The maximum Gasteiger partial charge on any atom is 0.0894 e. The summed E-state index contributed by atoms with van der Waals surface area (Å²) in [7, 11) is 1.87. The molecule has 36 N–H and O–H groups in total. The molecule has 0 aromatic rings. The van der Waals surface area contributed by atoms with E-state index in [1.165, 1.54) is 135 Å². The lowest BCUT2D eigenvalue weighted by molar-refractivity contribution is 0.0837. The Labute approximate surface area is 647 Å². The van der Waals surface area contributed by atoms with Gasteiger partial charge in [0.1, 0.15) is 0 Å². The van der Waals surface area contributed by atoms with Gasteiger partial charge in [-0.3, -0.25) is 4.90 Å². The zero-order valence-corrected chi connectivity index (χ0v) is 69.0. The van der Waals surface area contributed by atoms with E-state index in [4.69, 9.17) is 73.9 Å². The Bertz CT molecular complexity index is 1490. The standard InChI is InChI=1S/C13H26N2O2.C11H27N3.C8H21N3.C8H18N2O.C7H19N3.C7H16N2.C7H14N2.C6H18N4.C5H12N2O.C5H13N/c1-5-12(16)9-14(7-3)11-15(8-4)10-13(17)6-2;12-8-5-3-1-2-4-6-10-14-11-7-9-13;9-5-2-1-3-7-11-8-4-6-10;1-4-8(11)6-10(5-2)7-9-3;8-4-2-1-3-6-10-7-5-9;8-4-1-7-2-5-9-6-3-7;1-2-9-7-3-5-8-6-4-7;7-1-4-10(5-2-8)6-3-9;1-2-7-4-5(8)3-6;1-2-3-4-5-6/h7-8,12-13,16-17H,3-6,9-11H2,1-2H3;14H,1-13H2;11H,1-10H2;5,8-9,11H,2,4,6-7H2,1,3H3;10H,1-9H2;7,9H,1-6,8H2;2,7-9H,1,3-6H2;1-9H2;2,5,7-8H,1,3-4,6H2;2-6H2,1H3. The van der Waals surface area contributed by atoms with E-state index in [2.05, 4.69) is 87.3 Å². The number of nitrogens with one attached hydrogen (secondary N) is 8. The van der Waals surface area contributed by atoms with Crippen LogP contribution in [0.5, 0.6) is 0 Å². The van der Waals surface area contributed by atoms with Gasteiger partial charge in [-0.2, -0.15) is 0 Å². The van der Waals surface area contributed by atoms with E-state index in [1.54, 1.807) is 24.8 Å². The van der Waals surface area contributed by atoms with Crippen LogP contribution in [-0.2, 0) is 0 Å². The molecule has 105 heavy (non-hydrogen) atoms. The molecule has 4 unspecified atom stereocenters. The summed E-state index contributed by atoms with van der Waals surface area (Å²) in [5, 5.41) is 62.7. The van der Waals surface area contributed by atoms with Crippen molar-refractivity contribution >= 4 is 0 Å². The highest BCUT2D eigenvalue weighted by molar-refractivity contribution is 4.81. The summed E-state index contributed by atoms with van der Waals surface area (Å²) < 4.78 is 0. The molecule has 2 saturated heterocycles. The minimum atomic E-state index is -0.451. The van der Waals surface area contributed by atoms with Gasteiger partial charge in [0.25, 0.3) is 0 Å². The van der Waals surface area contributed by atoms with Crippen LogP contribution in [0.25, 0.3) is 0 Å². The summed E-state index contributed by atoms with van der Waals surface area (Å²) in [5.74, 6) is 0.913. The molecule has 2 aliphatic rings. The molecule has 28 heteroatoms. The van der Waals surface area contributed by atoms with Gasteiger partial charge in [0.05, 0.1) is 37.8 Å². The highest BCUT2D eigenvalue weighted by Crippen LogP contribution is 2.14. The van der Waals surface area contributed by atoms with E-state index in [0.29, 0.717) is 65.1 Å². The van der Waals surface area contributed by atoms with Crippen LogP contribution in [0, 0.1) is 5.92 Å². The summed E-state index contributed by atoms with van der Waals surface area (Å²) in [4.78, 5) is 7.94. The molecular weight excluding hydrogens is 1330 g/mol. The van der Waals surface area contributed by atoms with Crippen molar-refractivity contribution < 1.29 is 20.4 Å². The van der Waals surface area contributed by atoms with Crippen molar-refractivity contribution in [3.8, 4) is 0 Å². The minimum absolute atomic E-state index is 0.249. The molecule has 0 amide bonds. The van der Waals surface area contributed by atoms with Crippen LogP contribution >= 0.6 is 0 Å². The molecular formula is C77H184N24O4. The van der Waals surface area contributed by atoms with Crippen LogP contribution < -0.4 is 111 Å². The Hall–Kier alpha value is -3.22. The molecule has 0 aliphatic carbocycles. The quantitative estimate of drug-likeness (QED) is 0.0305. The number of aliphatic hydroxyl groups is 4. The first-order chi connectivity index (χ1) is 51.0. The van der Waals surface area contributed by atoms with Gasteiger partial charge in [-0.15, -0.1) is 0 Å². The summed E-state index contributed by atoms with van der Waals surface area (Å²) in [6.07, 6.45) is 36.6. The average Bonchev–Trinajstić information content (AvgIpc) is 0.959. The first-order valence-electron chi connectivity index (χ1n) is 40.8. The van der Waals surface area contributed by atoms with Gasteiger partial charge in [0.2, 0.25) is 0 Å². The first-order valence-corrected chi connectivity index (χ1v) is 40.8. The van der Waals surface area contributed by atoms with E-state index < -0.39 is 6.10 Å². The second-order valence-corrected chi connectivity index (χ2v) is 26.0. The Morgan fingerprint density at radius 1 is 0.410 bits per heavy atom. The first kappa shape index (κ1) is 118. The number of hydrogen-bond donors (Lipinski definition) is 24. The van der Waals surface area contributed by atoms with Crippen LogP contribution in [0.3, 0.4) is 0 Å². The van der Waals surface area contributed by atoms with E-state index in [1.807, 2.05) is 42.5 Å². The van der Waals surface area contributed by atoms with Gasteiger partial charge in [-0.1, -0.05) is 112 Å². The third-order valence-electron chi connectivity index (χ3n) is 16.2. The fraction of sp³-hybridized carbons (Fsp3) is 0.870. The third-order valence-corrected chi connectivity index (χ3v) is 16.2. The zero-order valence-electron chi connectivity index (χ0n) is 69.0. The minimum Gasteiger partial charge on any atom is -0.391 e. The van der Waals surface area contributed by atoms with Crippen LogP contribution in [0.2, 0.25) is 0 Å². The van der Waals surface area contributed by atoms with Crippen LogP contribution in [0.4, 0.5) is 0 Å². The molecule has 0 aromatic carbocycles. The lowest BCUT2D eigenvalue weighted by Crippen LogP contribution is -2.39.